The van der Waals surface area contributed by atoms with Crippen LogP contribution < -0.4 is 0 Å². The topological polar surface area (TPSA) is 34.9 Å². The highest BCUT2D eigenvalue weighted by molar-refractivity contribution is 8.00. The number of carbonyl (C=O) groups is 1. The zero-order valence-corrected chi connectivity index (χ0v) is 13.4. The Kier molecular flexibility index (Phi) is 4.89. The van der Waals surface area contributed by atoms with E-state index in [0.717, 1.165) is 23.5 Å². The minimum atomic E-state index is 0.115. The molecule has 0 aliphatic heterocycles. The molecule has 2 aromatic rings. The van der Waals surface area contributed by atoms with Gasteiger partial charge in [0.2, 0.25) is 0 Å². The van der Waals surface area contributed by atoms with Crippen LogP contribution in [0.2, 0.25) is 5.02 Å². The van der Waals surface area contributed by atoms with Crippen molar-refractivity contribution in [1.82, 2.24) is 9.55 Å². The maximum absolute atomic E-state index is 12.3. The number of hydrogen-bond acceptors (Lipinski definition) is 3. The van der Waals surface area contributed by atoms with Gasteiger partial charge in [-0.05, 0) is 39.0 Å². The molecule has 3 nitrogen and oxygen atoms in total. The van der Waals surface area contributed by atoms with Crippen molar-refractivity contribution in [3.8, 4) is 0 Å². The Bertz CT molecular complexity index is 637. The van der Waals surface area contributed by atoms with Crippen molar-refractivity contribution < 1.29 is 4.79 Å². The first-order valence-corrected chi connectivity index (χ1v) is 7.84. The Hall–Kier alpha value is -1.26. The van der Waals surface area contributed by atoms with Gasteiger partial charge in [0.25, 0.3) is 0 Å². The van der Waals surface area contributed by atoms with Crippen molar-refractivity contribution in [2.75, 3.05) is 5.75 Å². The number of Topliss-reactive ketones (excluding diaryl/α,β-unsaturated/α-hetero) is 1. The van der Waals surface area contributed by atoms with Crippen LogP contribution >= 0.6 is 23.4 Å². The summed E-state index contributed by atoms with van der Waals surface area (Å²) in [6, 6.07) is 5.52. The smallest absolute Gasteiger partial charge is 0.174 e. The molecule has 106 valence electrons. The van der Waals surface area contributed by atoms with Crippen LogP contribution in [-0.2, 0) is 6.54 Å². The fourth-order valence-corrected chi connectivity index (χ4v) is 3.31. The number of hydrogen-bond donors (Lipinski definition) is 0. The lowest BCUT2D eigenvalue weighted by atomic mass is 10.2. The van der Waals surface area contributed by atoms with E-state index in [-0.39, 0.29) is 5.78 Å². The molecule has 5 heteroatoms. The zero-order chi connectivity index (χ0) is 14.7. The number of halogens is 1. The van der Waals surface area contributed by atoms with Gasteiger partial charge in [0, 0.05) is 29.7 Å². The molecule has 0 radical (unpaired) electrons. The third kappa shape index (κ3) is 3.07. The van der Waals surface area contributed by atoms with E-state index < -0.39 is 0 Å². The fraction of sp³-hybridized carbons (Fsp3) is 0.333. The van der Waals surface area contributed by atoms with Crippen LogP contribution in [-0.4, -0.2) is 21.1 Å². The minimum Gasteiger partial charge on any atom is -0.349 e. The number of carbonyl (C=O) groups excluding carboxylic acids is 1. The van der Waals surface area contributed by atoms with Crippen molar-refractivity contribution >= 4 is 29.1 Å². The molecule has 0 fully saturated rings. The molecule has 2 heterocycles. The summed E-state index contributed by atoms with van der Waals surface area (Å²) in [5.41, 5.74) is 2.95. The van der Waals surface area contributed by atoms with E-state index in [1.807, 2.05) is 19.9 Å². The van der Waals surface area contributed by atoms with Crippen LogP contribution in [0.3, 0.4) is 0 Å². The summed E-state index contributed by atoms with van der Waals surface area (Å²) in [5, 5.41) is 1.29. The Balaban J connectivity index is 2.12. The van der Waals surface area contributed by atoms with Crippen molar-refractivity contribution in [2.24, 2.45) is 0 Å². The highest BCUT2D eigenvalue weighted by Gasteiger charge is 2.15. The second-order valence-electron chi connectivity index (χ2n) is 4.53. The lowest BCUT2D eigenvalue weighted by Crippen LogP contribution is -2.06. The number of rotatable bonds is 5. The molecular formula is C15H17ClN2OS. The van der Waals surface area contributed by atoms with Gasteiger partial charge >= 0.3 is 0 Å². The lowest BCUT2D eigenvalue weighted by Gasteiger charge is -2.06. The molecule has 0 amide bonds. The van der Waals surface area contributed by atoms with Crippen LogP contribution in [0.4, 0.5) is 0 Å². The van der Waals surface area contributed by atoms with Crippen molar-refractivity contribution in [3.63, 3.8) is 0 Å². The summed E-state index contributed by atoms with van der Waals surface area (Å²) in [7, 11) is 0. The zero-order valence-electron chi connectivity index (χ0n) is 11.8. The standard InChI is InChI=1S/C15H17ClN2OS/c1-4-18-10(2)8-12(11(18)3)14(19)9-20-15-13(16)6-5-7-17-15/h5-8H,4,9H2,1-3H3. The van der Waals surface area contributed by atoms with Gasteiger partial charge in [0.1, 0.15) is 5.03 Å². The lowest BCUT2D eigenvalue weighted by molar-refractivity contribution is 0.102. The van der Waals surface area contributed by atoms with Gasteiger partial charge in [0.15, 0.2) is 5.78 Å². The monoisotopic (exact) mass is 308 g/mol. The van der Waals surface area contributed by atoms with Crippen LogP contribution in [0, 0.1) is 13.8 Å². The van der Waals surface area contributed by atoms with Crippen molar-refractivity contribution in [1.29, 1.82) is 0 Å². The van der Waals surface area contributed by atoms with Crippen LogP contribution in [0.15, 0.2) is 29.4 Å². The molecule has 0 spiro atoms. The number of aromatic nitrogens is 2. The number of aryl methyl sites for hydroxylation is 1. The van der Waals surface area contributed by atoms with Gasteiger partial charge < -0.3 is 4.57 Å². The Morgan fingerprint density at radius 1 is 1.45 bits per heavy atom. The molecule has 0 aromatic carbocycles. The van der Waals surface area contributed by atoms with E-state index in [0.29, 0.717) is 15.8 Å². The summed E-state index contributed by atoms with van der Waals surface area (Å²) >= 11 is 7.42. The van der Waals surface area contributed by atoms with E-state index in [9.17, 15) is 4.79 Å². The normalized spacial score (nSPS) is 10.8. The van der Waals surface area contributed by atoms with Crippen molar-refractivity contribution in [2.45, 2.75) is 32.3 Å². The SMILES string of the molecule is CCn1c(C)cc(C(=O)CSc2ncccc2Cl)c1C. The third-order valence-electron chi connectivity index (χ3n) is 3.25. The Morgan fingerprint density at radius 3 is 2.80 bits per heavy atom. The van der Waals surface area contributed by atoms with Gasteiger partial charge in [0.05, 0.1) is 10.8 Å². The molecule has 0 saturated carbocycles. The molecule has 0 atom stereocenters. The summed E-state index contributed by atoms with van der Waals surface area (Å²) in [4.78, 5) is 16.5. The van der Waals surface area contributed by atoms with E-state index in [1.165, 1.54) is 11.8 Å². The molecule has 0 unspecified atom stereocenters. The first kappa shape index (κ1) is 15.1. The molecule has 0 aliphatic carbocycles. The quantitative estimate of drug-likeness (QED) is 0.615. The Labute approximate surface area is 128 Å². The molecule has 0 N–H and O–H groups in total. The average Bonchev–Trinajstić information content (AvgIpc) is 2.72. The molecule has 2 aromatic heterocycles. The maximum atomic E-state index is 12.3. The number of nitrogens with zero attached hydrogens (tertiary/aromatic N) is 2. The first-order valence-electron chi connectivity index (χ1n) is 6.47. The van der Waals surface area contributed by atoms with E-state index in [4.69, 9.17) is 11.6 Å². The van der Waals surface area contributed by atoms with E-state index in [1.54, 1.807) is 18.3 Å². The molecule has 0 aliphatic rings. The summed E-state index contributed by atoms with van der Waals surface area (Å²) in [5.74, 6) is 0.467. The molecular weight excluding hydrogens is 292 g/mol. The average molecular weight is 309 g/mol. The molecule has 2 rings (SSSR count). The minimum absolute atomic E-state index is 0.115. The van der Waals surface area contributed by atoms with Crippen LogP contribution in [0.5, 0.6) is 0 Å². The summed E-state index contributed by atoms with van der Waals surface area (Å²) in [6.07, 6.45) is 1.68. The van der Waals surface area contributed by atoms with E-state index >= 15 is 0 Å². The predicted molar refractivity (Wildman–Crippen MR) is 83.9 cm³/mol. The van der Waals surface area contributed by atoms with Crippen molar-refractivity contribution in [3.05, 3.63) is 46.4 Å². The third-order valence-corrected chi connectivity index (χ3v) is 4.68. The largest absolute Gasteiger partial charge is 0.349 e. The highest BCUT2D eigenvalue weighted by atomic mass is 35.5. The number of thioether (sulfide) groups is 1. The second-order valence-corrected chi connectivity index (χ2v) is 5.90. The Morgan fingerprint density at radius 2 is 2.20 bits per heavy atom. The fourth-order valence-electron chi connectivity index (χ4n) is 2.26. The second kappa shape index (κ2) is 6.46. The van der Waals surface area contributed by atoms with Gasteiger partial charge in [-0.1, -0.05) is 23.4 Å². The van der Waals surface area contributed by atoms with E-state index in [2.05, 4.69) is 16.5 Å². The first-order chi connectivity index (χ1) is 9.54. The van der Waals surface area contributed by atoms with Gasteiger partial charge in [-0.25, -0.2) is 4.98 Å². The molecule has 0 saturated heterocycles. The maximum Gasteiger partial charge on any atom is 0.174 e. The predicted octanol–water partition coefficient (Wildman–Crippen LogP) is 4.15. The van der Waals surface area contributed by atoms with Crippen LogP contribution in [0.1, 0.15) is 28.7 Å². The van der Waals surface area contributed by atoms with Crippen LogP contribution in [0.25, 0.3) is 0 Å². The van der Waals surface area contributed by atoms with Gasteiger partial charge in [-0.3, -0.25) is 4.79 Å². The summed E-state index contributed by atoms with van der Waals surface area (Å²) in [6.45, 7) is 6.97. The number of ketones is 1. The van der Waals surface area contributed by atoms with Gasteiger partial charge in [-0.15, -0.1) is 0 Å². The summed E-state index contributed by atoms with van der Waals surface area (Å²) < 4.78 is 2.14. The molecule has 0 bridgehead atoms. The number of pyridine rings is 1. The highest BCUT2D eigenvalue weighted by Crippen LogP contribution is 2.25. The van der Waals surface area contributed by atoms with Gasteiger partial charge in [-0.2, -0.15) is 0 Å². The molecule has 20 heavy (non-hydrogen) atoms.